The van der Waals surface area contributed by atoms with Crippen molar-refractivity contribution >= 4 is 22.2 Å². The van der Waals surface area contributed by atoms with Gasteiger partial charge < -0.3 is 10.0 Å². The number of rotatable bonds is 3. The van der Waals surface area contributed by atoms with E-state index >= 15 is 0 Å². The summed E-state index contributed by atoms with van der Waals surface area (Å²) < 4.78 is 0. The van der Waals surface area contributed by atoms with Gasteiger partial charge in [0.1, 0.15) is 5.75 Å². The molecule has 0 saturated heterocycles. The Kier molecular flexibility index (Phi) is 3.35. The molecule has 2 heterocycles. The molecule has 3 aromatic rings. The first-order valence-corrected chi connectivity index (χ1v) is 7.01. The molecule has 0 amide bonds. The average Bonchev–Trinajstić information content (AvgIpc) is 2.98. The zero-order valence-corrected chi connectivity index (χ0v) is 11.7. The van der Waals surface area contributed by atoms with Crippen LogP contribution in [0.1, 0.15) is 0 Å². The fraction of sp³-hybridized carbons (Fsp3) is 0.0667. The molecule has 3 rings (SSSR count). The molecule has 20 heavy (non-hydrogen) atoms. The molecule has 0 unspecified atom stereocenters. The molecule has 0 radical (unpaired) electrons. The Hall–Kier alpha value is -2.40. The number of phenolic OH excluding ortho intramolecular Hbond substituents is 1. The van der Waals surface area contributed by atoms with Gasteiger partial charge in [0, 0.05) is 36.1 Å². The van der Waals surface area contributed by atoms with Crippen LogP contribution in [0.4, 0.5) is 10.8 Å². The first kappa shape index (κ1) is 12.6. The van der Waals surface area contributed by atoms with E-state index in [1.807, 2.05) is 41.6 Å². The molecule has 0 aliphatic heterocycles. The van der Waals surface area contributed by atoms with Crippen molar-refractivity contribution in [1.29, 1.82) is 0 Å². The Bertz CT molecular complexity index is 695. The third-order valence-electron chi connectivity index (χ3n) is 2.99. The van der Waals surface area contributed by atoms with Crippen molar-refractivity contribution in [2.45, 2.75) is 0 Å². The SMILES string of the molecule is CN(c1ccc(O)cc1)c1nc(-c2ccncc2)cs1. The highest BCUT2D eigenvalue weighted by Crippen LogP contribution is 2.31. The van der Waals surface area contributed by atoms with E-state index in [-0.39, 0.29) is 5.75 Å². The van der Waals surface area contributed by atoms with Gasteiger partial charge in [0.2, 0.25) is 0 Å². The molecule has 0 fully saturated rings. The molecule has 0 saturated carbocycles. The van der Waals surface area contributed by atoms with E-state index < -0.39 is 0 Å². The zero-order chi connectivity index (χ0) is 13.9. The molecule has 0 atom stereocenters. The van der Waals surface area contributed by atoms with Crippen molar-refractivity contribution in [2.75, 3.05) is 11.9 Å². The van der Waals surface area contributed by atoms with Crippen molar-refractivity contribution in [3.05, 3.63) is 54.2 Å². The molecular weight excluding hydrogens is 270 g/mol. The van der Waals surface area contributed by atoms with Crippen molar-refractivity contribution in [2.24, 2.45) is 0 Å². The van der Waals surface area contributed by atoms with Crippen molar-refractivity contribution in [1.82, 2.24) is 9.97 Å². The Morgan fingerprint density at radius 2 is 1.75 bits per heavy atom. The molecule has 1 aromatic carbocycles. The summed E-state index contributed by atoms with van der Waals surface area (Å²) >= 11 is 1.58. The van der Waals surface area contributed by atoms with Crippen molar-refractivity contribution < 1.29 is 5.11 Å². The highest BCUT2D eigenvalue weighted by molar-refractivity contribution is 7.14. The third kappa shape index (κ3) is 2.48. The number of hydrogen-bond donors (Lipinski definition) is 1. The quantitative estimate of drug-likeness (QED) is 0.796. The Labute approximate surface area is 121 Å². The van der Waals surface area contributed by atoms with Crippen LogP contribution >= 0.6 is 11.3 Å². The van der Waals surface area contributed by atoms with Gasteiger partial charge >= 0.3 is 0 Å². The first-order chi connectivity index (χ1) is 9.74. The lowest BCUT2D eigenvalue weighted by atomic mass is 10.2. The molecule has 2 aromatic heterocycles. The third-order valence-corrected chi connectivity index (χ3v) is 3.91. The van der Waals surface area contributed by atoms with Gasteiger partial charge in [-0.25, -0.2) is 4.98 Å². The molecule has 0 aliphatic rings. The Balaban J connectivity index is 1.88. The van der Waals surface area contributed by atoms with Gasteiger partial charge in [0.15, 0.2) is 5.13 Å². The van der Waals surface area contributed by atoms with Crippen LogP contribution in [0.25, 0.3) is 11.3 Å². The number of benzene rings is 1. The number of nitrogens with zero attached hydrogens (tertiary/aromatic N) is 3. The molecule has 4 nitrogen and oxygen atoms in total. The summed E-state index contributed by atoms with van der Waals surface area (Å²) in [5.74, 6) is 0.263. The fourth-order valence-electron chi connectivity index (χ4n) is 1.86. The summed E-state index contributed by atoms with van der Waals surface area (Å²) in [4.78, 5) is 10.6. The van der Waals surface area contributed by atoms with Crippen LogP contribution in [-0.4, -0.2) is 22.1 Å². The number of hydrogen-bond acceptors (Lipinski definition) is 5. The van der Waals surface area contributed by atoms with E-state index in [4.69, 9.17) is 0 Å². The second-order valence-electron chi connectivity index (χ2n) is 4.33. The summed E-state index contributed by atoms with van der Waals surface area (Å²) in [5, 5.41) is 12.3. The predicted molar refractivity (Wildman–Crippen MR) is 81.5 cm³/mol. The van der Waals surface area contributed by atoms with E-state index in [1.165, 1.54) is 0 Å². The number of phenols is 1. The van der Waals surface area contributed by atoms with Crippen LogP contribution in [0.15, 0.2) is 54.2 Å². The average molecular weight is 283 g/mol. The van der Waals surface area contributed by atoms with E-state index in [2.05, 4.69) is 9.97 Å². The minimum absolute atomic E-state index is 0.263. The van der Waals surface area contributed by atoms with Crippen LogP contribution in [0, 0.1) is 0 Å². The Morgan fingerprint density at radius 3 is 2.45 bits per heavy atom. The van der Waals surface area contributed by atoms with Gasteiger partial charge in [-0.1, -0.05) is 0 Å². The normalized spacial score (nSPS) is 10.4. The van der Waals surface area contributed by atoms with Crippen LogP contribution in [0.3, 0.4) is 0 Å². The molecule has 5 heteroatoms. The lowest BCUT2D eigenvalue weighted by Crippen LogP contribution is -2.08. The highest BCUT2D eigenvalue weighted by atomic mass is 32.1. The number of thiazole rings is 1. The number of pyridine rings is 1. The largest absolute Gasteiger partial charge is 0.508 e. The zero-order valence-electron chi connectivity index (χ0n) is 10.9. The maximum absolute atomic E-state index is 9.32. The van der Waals surface area contributed by atoms with Crippen LogP contribution < -0.4 is 4.90 Å². The monoisotopic (exact) mass is 283 g/mol. The van der Waals surface area contributed by atoms with Gasteiger partial charge in [-0.2, -0.15) is 0 Å². The number of aromatic hydroxyl groups is 1. The summed E-state index contributed by atoms with van der Waals surface area (Å²) in [7, 11) is 1.96. The van der Waals surface area contributed by atoms with Crippen molar-refractivity contribution in [3.8, 4) is 17.0 Å². The fourth-order valence-corrected chi connectivity index (χ4v) is 2.68. The molecule has 1 N–H and O–H groups in total. The van der Waals surface area contributed by atoms with Gasteiger partial charge in [-0.15, -0.1) is 11.3 Å². The van der Waals surface area contributed by atoms with Gasteiger partial charge in [-0.3, -0.25) is 4.98 Å². The van der Waals surface area contributed by atoms with Gasteiger partial charge in [0.05, 0.1) is 5.69 Å². The van der Waals surface area contributed by atoms with Gasteiger partial charge in [-0.05, 0) is 36.4 Å². The van der Waals surface area contributed by atoms with Crippen LogP contribution in [0.2, 0.25) is 0 Å². The summed E-state index contributed by atoms with van der Waals surface area (Å²) in [6.45, 7) is 0. The Morgan fingerprint density at radius 1 is 1.05 bits per heavy atom. The van der Waals surface area contributed by atoms with Crippen LogP contribution in [-0.2, 0) is 0 Å². The predicted octanol–water partition coefficient (Wildman–Crippen LogP) is 3.68. The summed E-state index contributed by atoms with van der Waals surface area (Å²) in [6.07, 6.45) is 3.52. The maximum Gasteiger partial charge on any atom is 0.190 e. The smallest absolute Gasteiger partial charge is 0.190 e. The molecular formula is C15H13N3OS. The first-order valence-electron chi connectivity index (χ1n) is 6.13. The lowest BCUT2D eigenvalue weighted by Gasteiger charge is -2.15. The second kappa shape index (κ2) is 5.30. The maximum atomic E-state index is 9.32. The van der Waals surface area contributed by atoms with E-state index in [1.54, 1.807) is 35.9 Å². The number of anilines is 2. The molecule has 0 spiro atoms. The topological polar surface area (TPSA) is 49.2 Å². The minimum atomic E-state index is 0.263. The van der Waals surface area contributed by atoms with Crippen molar-refractivity contribution in [3.63, 3.8) is 0 Å². The summed E-state index contributed by atoms with van der Waals surface area (Å²) in [6, 6.07) is 11.0. The highest BCUT2D eigenvalue weighted by Gasteiger charge is 2.10. The standard InChI is InChI=1S/C15H13N3OS/c1-18(12-2-4-13(19)5-3-12)15-17-14(10-20-15)11-6-8-16-9-7-11/h2-10,19H,1H3. The van der Waals surface area contributed by atoms with E-state index in [0.717, 1.165) is 22.1 Å². The molecule has 100 valence electrons. The van der Waals surface area contributed by atoms with E-state index in [9.17, 15) is 5.11 Å². The lowest BCUT2D eigenvalue weighted by molar-refractivity contribution is 0.475. The minimum Gasteiger partial charge on any atom is -0.508 e. The second-order valence-corrected chi connectivity index (χ2v) is 5.16. The van der Waals surface area contributed by atoms with Crippen LogP contribution in [0.5, 0.6) is 5.75 Å². The summed E-state index contributed by atoms with van der Waals surface area (Å²) in [5.41, 5.74) is 2.98. The van der Waals surface area contributed by atoms with Gasteiger partial charge in [0.25, 0.3) is 0 Å². The molecule has 0 aliphatic carbocycles. The van der Waals surface area contributed by atoms with E-state index in [0.29, 0.717) is 0 Å². The number of aromatic nitrogens is 2. The molecule has 0 bridgehead atoms.